The summed E-state index contributed by atoms with van der Waals surface area (Å²) in [5.41, 5.74) is 1.40. The van der Waals surface area contributed by atoms with Crippen LogP contribution in [-0.4, -0.2) is 41.3 Å². The van der Waals surface area contributed by atoms with Crippen molar-refractivity contribution in [1.29, 1.82) is 0 Å². The van der Waals surface area contributed by atoms with Crippen LogP contribution in [0.2, 0.25) is 0 Å². The lowest BCUT2D eigenvalue weighted by molar-refractivity contribution is -0.118. The maximum atomic E-state index is 13.2. The number of hydrazone groups is 1. The molecule has 0 atom stereocenters. The first-order valence-corrected chi connectivity index (χ1v) is 9.72. The average Bonchev–Trinajstić information content (AvgIpc) is 3.07. The Kier molecular flexibility index (Phi) is 5.59. The van der Waals surface area contributed by atoms with Crippen LogP contribution in [0, 0.1) is 0 Å². The van der Waals surface area contributed by atoms with E-state index in [9.17, 15) is 19.2 Å². The van der Waals surface area contributed by atoms with Gasteiger partial charge in [0.05, 0.1) is 16.8 Å². The van der Waals surface area contributed by atoms with Gasteiger partial charge in [0.2, 0.25) is 0 Å². The number of amides is 3. The normalized spacial score (nSPS) is 12.8. The van der Waals surface area contributed by atoms with Gasteiger partial charge in [0.25, 0.3) is 17.7 Å². The first-order chi connectivity index (χ1) is 15.5. The fourth-order valence-corrected chi connectivity index (χ4v) is 3.54. The molecule has 32 heavy (non-hydrogen) atoms. The molecule has 1 heterocycles. The van der Waals surface area contributed by atoms with Crippen molar-refractivity contribution in [2.24, 2.45) is 10.9 Å². The molecule has 0 aliphatic carbocycles. The fraction of sp³-hybridized carbons (Fsp3) is 0.0417. The summed E-state index contributed by atoms with van der Waals surface area (Å²) in [6.45, 7) is -0.535. The topological polar surface area (TPSA) is 113 Å². The van der Waals surface area contributed by atoms with Crippen LogP contribution in [0.25, 0.3) is 0 Å². The van der Waals surface area contributed by atoms with E-state index in [0.717, 1.165) is 16.1 Å². The quantitative estimate of drug-likeness (QED) is 0.162. The number of anilines is 1. The summed E-state index contributed by atoms with van der Waals surface area (Å²) in [4.78, 5) is 53.4. The van der Waals surface area contributed by atoms with E-state index >= 15 is 0 Å². The predicted octanol–water partition coefficient (Wildman–Crippen LogP) is 2.45. The van der Waals surface area contributed by atoms with E-state index in [-0.39, 0.29) is 28.2 Å². The Balaban J connectivity index is 1.66. The van der Waals surface area contributed by atoms with Gasteiger partial charge in [-0.25, -0.2) is 0 Å². The summed E-state index contributed by atoms with van der Waals surface area (Å²) < 4.78 is 0. The lowest BCUT2D eigenvalue weighted by Gasteiger charge is -2.22. The van der Waals surface area contributed by atoms with Gasteiger partial charge in [-0.1, -0.05) is 54.6 Å². The van der Waals surface area contributed by atoms with E-state index in [4.69, 9.17) is 5.84 Å². The van der Waals surface area contributed by atoms with Crippen LogP contribution < -0.4 is 10.7 Å². The second-order valence-corrected chi connectivity index (χ2v) is 6.98. The minimum atomic E-state index is -0.651. The Morgan fingerprint density at radius 1 is 0.844 bits per heavy atom. The molecule has 0 spiro atoms. The van der Waals surface area contributed by atoms with E-state index in [0.29, 0.717) is 5.56 Å². The Labute approximate surface area is 183 Å². The highest BCUT2D eigenvalue weighted by Gasteiger charge is 2.37. The lowest BCUT2D eigenvalue weighted by atomic mass is 10.0. The van der Waals surface area contributed by atoms with Crippen molar-refractivity contribution in [2.75, 3.05) is 11.4 Å². The van der Waals surface area contributed by atoms with Crippen LogP contribution in [0.5, 0.6) is 0 Å². The van der Waals surface area contributed by atoms with Gasteiger partial charge in [-0.3, -0.25) is 29.0 Å². The number of benzene rings is 3. The number of imide groups is 1. The maximum Gasteiger partial charge on any atom is 0.262 e. The largest absolute Gasteiger partial charge is 0.322 e. The molecule has 0 radical (unpaired) electrons. The predicted molar refractivity (Wildman–Crippen MR) is 118 cm³/mol. The lowest BCUT2D eigenvalue weighted by Crippen LogP contribution is -2.43. The molecule has 2 N–H and O–H groups in total. The molecule has 3 aromatic rings. The summed E-state index contributed by atoms with van der Waals surface area (Å²) in [6.07, 6.45) is 1.05. The average molecular weight is 426 g/mol. The summed E-state index contributed by atoms with van der Waals surface area (Å²) in [7, 11) is 0. The zero-order valence-electron chi connectivity index (χ0n) is 16.8. The number of hydrogen-bond donors (Lipinski definition) is 1. The van der Waals surface area contributed by atoms with Crippen molar-refractivity contribution in [1.82, 2.24) is 4.90 Å². The smallest absolute Gasteiger partial charge is 0.262 e. The number of ketones is 1. The highest BCUT2D eigenvalue weighted by Crippen LogP contribution is 2.25. The molecule has 1 aliphatic heterocycles. The van der Waals surface area contributed by atoms with Gasteiger partial charge in [-0.05, 0) is 24.3 Å². The molecule has 8 nitrogen and oxygen atoms in total. The van der Waals surface area contributed by atoms with Gasteiger partial charge in [-0.15, -0.1) is 0 Å². The van der Waals surface area contributed by atoms with Crippen molar-refractivity contribution < 1.29 is 19.2 Å². The number of para-hydroxylation sites is 1. The zero-order chi connectivity index (χ0) is 22.7. The molecule has 0 saturated carbocycles. The van der Waals surface area contributed by atoms with Crippen LogP contribution in [0.3, 0.4) is 0 Å². The molecule has 4 rings (SSSR count). The third-order valence-electron chi connectivity index (χ3n) is 5.07. The van der Waals surface area contributed by atoms with Crippen LogP contribution in [0.15, 0.2) is 84.0 Å². The molecular weight excluding hydrogens is 408 g/mol. The van der Waals surface area contributed by atoms with E-state index in [1.807, 2.05) is 0 Å². The Hall–Kier alpha value is -4.59. The van der Waals surface area contributed by atoms with Crippen LogP contribution in [-0.2, 0) is 4.79 Å². The summed E-state index contributed by atoms with van der Waals surface area (Å²) >= 11 is 0. The van der Waals surface area contributed by atoms with E-state index < -0.39 is 24.3 Å². The van der Waals surface area contributed by atoms with Crippen molar-refractivity contribution in [3.05, 3.63) is 101 Å². The van der Waals surface area contributed by atoms with Gasteiger partial charge in [0.15, 0.2) is 5.78 Å². The molecule has 8 heteroatoms. The number of fused-ring (bicyclic) bond motifs is 1. The summed E-state index contributed by atoms with van der Waals surface area (Å²) in [5.74, 6) is 3.25. The Morgan fingerprint density at radius 3 is 2.03 bits per heavy atom. The first-order valence-electron chi connectivity index (χ1n) is 9.72. The minimum absolute atomic E-state index is 0.233. The van der Waals surface area contributed by atoms with E-state index in [1.54, 1.807) is 66.7 Å². The second kappa shape index (κ2) is 8.65. The van der Waals surface area contributed by atoms with Crippen molar-refractivity contribution in [3.8, 4) is 0 Å². The van der Waals surface area contributed by atoms with Gasteiger partial charge < -0.3 is 5.84 Å². The SMILES string of the molecule is NN=CN(C(=O)CN1C(=O)c2ccccc2C1=O)c1ccccc1C(=O)c1ccccc1. The maximum absolute atomic E-state index is 13.2. The van der Waals surface area contributed by atoms with Crippen LogP contribution in [0.4, 0.5) is 5.69 Å². The number of nitrogens with two attached hydrogens (primary N) is 1. The fourth-order valence-electron chi connectivity index (χ4n) is 3.54. The monoisotopic (exact) mass is 426 g/mol. The molecule has 3 aromatic carbocycles. The summed E-state index contributed by atoms with van der Waals surface area (Å²) in [5, 5.41) is 3.44. The second-order valence-electron chi connectivity index (χ2n) is 6.98. The van der Waals surface area contributed by atoms with Crippen molar-refractivity contribution in [2.45, 2.75) is 0 Å². The highest BCUT2D eigenvalue weighted by atomic mass is 16.2. The molecule has 1 aliphatic rings. The van der Waals surface area contributed by atoms with E-state index in [2.05, 4.69) is 5.10 Å². The standard InChI is InChI=1S/C24H18N4O4/c25-26-15-28(20-13-7-6-12-19(20)22(30)16-8-2-1-3-9-16)21(29)14-27-23(31)17-10-4-5-11-18(17)24(27)32/h1-13,15H,14,25H2. The third kappa shape index (κ3) is 3.65. The summed E-state index contributed by atoms with van der Waals surface area (Å²) in [6, 6.07) is 21.4. The number of carbonyl (C=O) groups is 4. The minimum Gasteiger partial charge on any atom is -0.322 e. The highest BCUT2D eigenvalue weighted by molar-refractivity contribution is 6.24. The third-order valence-corrected chi connectivity index (χ3v) is 5.07. The molecule has 0 fully saturated rings. The van der Waals surface area contributed by atoms with Gasteiger partial charge >= 0.3 is 0 Å². The van der Waals surface area contributed by atoms with Crippen LogP contribution in [0.1, 0.15) is 36.6 Å². The number of rotatable bonds is 6. The molecule has 3 amide bonds. The molecule has 0 aromatic heterocycles. The van der Waals surface area contributed by atoms with E-state index in [1.165, 1.54) is 12.1 Å². The first kappa shape index (κ1) is 20.7. The Morgan fingerprint density at radius 2 is 1.41 bits per heavy atom. The van der Waals surface area contributed by atoms with Gasteiger partial charge in [0, 0.05) is 11.1 Å². The molecule has 0 unspecified atom stereocenters. The molecular formula is C24H18N4O4. The van der Waals surface area contributed by atoms with Gasteiger partial charge in [-0.2, -0.15) is 5.10 Å². The van der Waals surface area contributed by atoms with Crippen molar-refractivity contribution in [3.63, 3.8) is 0 Å². The number of nitrogens with zero attached hydrogens (tertiary/aromatic N) is 3. The molecule has 0 saturated heterocycles. The number of carbonyl (C=O) groups excluding carboxylic acids is 4. The van der Waals surface area contributed by atoms with Crippen LogP contribution >= 0.6 is 0 Å². The van der Waals surface area contributed by atoms with Crippen molar-refractivity contribution >= 4 is 35.5 Å². The molecule has 158 valence electrons. The number of hydrogen-bond acceptors (Lipinski definition) is 6. The Bertz CT molecular complexity index is 1220. The zero-order valence-corrected chi connectivity index (χ0v) is 16.8. The van der Waals surface area contributed by atoms with Gasteiger partial charge in [0.1, 0.15) is 12.9 Å². The molecule has 0 bridgehead atoms.